The van der Waals surface area contributed by atoms with Crippen LogP contribution in [-0.4, -0.2) is 13.7 Å². The monoisotopic (exact) mass is 207 g/mol. The molecule has 0 aromatic heterocycles. The third-order valence-electron chi connectivity index (χ3n) is 2.19. The lowest BCUT2D eigenvalue weighted by molar-refractivity contribution is 0.0965. The van der Waals surface area contributed by atoms with Crippen LogP contribution in [0.15, 0.2) is 24.3 Å². The molecule has 0 fully saturated rings. The van der Waals surface area contributed by atoms with Crippen molar-refractivity contribution in [3.63, 3.8) is 0 Å². The molecule has 0 amide bonds. The minimum atomic E-state index is 0.599. The first kappa shape index (κ1) is 12.2. The summed E-state index contributed by atoms with van der Waals surface area (Å²) in [6.45, 7) is 6.78. The van der Waals surface area contributed by atoms with E-state index in [9.17, 15) is 0 Å². The van der Waals surface area contributed by atoms with E-state index in [4.69, 9.17) is 4.74 Å². The highest BCUT2D eigenvalue weighted by molar-refractivity contribution is 5.26. The van der Waals surface area contributed by atoms with Crippen molar-refractivity contribution in [3.8, 4) is 0 Å². The number of hydrogen-bond acceptors (Lipinski definition) is 2. The number of hydrogen-bond donors (Lipinski definition) is 1. The van der Waals surface area contributed by atoms with Crippen LogP contribution in [0.2, 0.25) is 0 Å². The van der Waals surface area contributed by atoms with Gasteiger partial charge >= 0.3 is 0 Å². The van der Waals surface area contributed by atoms with E-state index < -0.39 is 0 Å². The Morgan fingerprint density at radius 1 is 1.20 bits per heavy atom. The van der Waals surface area contributed by atoms with Crippen molar-refractivity contribution < 1.29 is 4.74 Å². The smallest absolute Gasteiger partial charge is 0.0720 e. The van der Waals surface area contributed by atoms with Gasteiger partial charge in [0.1, 0.15) is 0 Å². The molecular formula is C13H21NO. The lowest BCUT2D eigenvalue weighted by atomic mass is 10.1. The van der Waals surface area contributed by atoms with Crippen molar-refractivity contribution in [2.24, 2.45) is 5.92 Å². The Morgan fingerprint density at radius 3 is 2.47 bits per heavy atom. The number of benzene rings is 1. The van der Waals surface area contributed by atoms with Crippen molar-refractivity contribution >= 4 is 0 Å². The largest absolute Gasteiger partial charge is 0.376 e. The fourth-order valence-corrected chi connectivity index (χ4v) is 1.47. The van der Waals surface area contributed by atoms with Crippen LogP contribution < -0.4 is 5.32 Å². The molecule has 84 valence electrons. The summed E-state index contributed by atoms with van der Waals surface area (Å²) in [5.41, 5.74) is 2.61. The summed E-state index contributed by atoms with van der Waals surface area (Å²) in [6.07, 6.45) is 0. The van der Waals surface area contributed by atoms with Gasteiger partial charge in [-0.15, -0.1) is 0 Å². The summed E-state index contributed by atoms with van der Waals surface area (Å²) in [5.74, 6) is 0.599. The molecule has 0 aliphatic carbocycles. The standard InChI is InChI=1S/C13H21NO/c1-11(2)9-15-10-13-7-5-4-6-12(13)8-14-3/h4-7,11,14H,8-10H2,1-3H3. The fraction of sp³-hybridized carbons (Fsp3) is 0.538. The molecule has 0 radical (unpaired) electrons. The van der Waals surface area contributed by atoms with Crippen LogP contribution in [0.5, 0.6) is 0 Å². The van der Waals surface area contributed by atoms with Crippen molar-refractivity contribution in [1.82, 2.24) is 5.32 Å². The highest BCUT2D eigenvalue weighted by Gasteiger charge is 2.01. The molecule has 0 unspecified atom stereocenters. The second-order valence-electron chi connectivity index (χ2n) is 4.21. The van der Waals surface area contributed by atoms with Crippen LogP contribution in [0.3, 0.4) is 0 Å². The first-order valence-corrected chi connectivity index (χ1v) is 5.53. The predicted molar refractivity (Wildman–Crippen MR) is 63.7 cm³/mol. The Balaban J connectivity index is 2.51. The molecule has 0 saturated heterocycles. The van der Waals surface area contributed by atoms with Crippen LogP contribution in [0.25, 0.3) is 0 Å². The Morgan fingerprint density at radius 2 is 1.87 bits per heavy atom. The maximum atomic E-state index is 5.64. The van der Waals surface area contributed by atoms with Gasteiger partial charge < -0.3 is 10.1 Å². The van der Waals surface area contributed by atoms with E-state index in [1.54, 1.807) is 0 Å². The second kappa shape index (κ2) is 6.59. The molecule has 15 heavy (non-hydrogen) atoms. The van der Waals surface area contributed by atoms with Gasteiger partial charge in [-0.05, 0) is 24.1 Å². The summed E-state index contributed by atoms with van der Waals surface area (Å²) in [7, 11) is 1.96. The Kier molecular flexibility index (Phi) is 5.37. The molecular weight excluding hydrogens is 186 g/mol. The molecule has 0 aliphatic rings. The van der Waals surface area contributed by atoms with Gasteiger partial charge in [-0.25, -0.2) is 0 Å². The fourth-order valence-electron chi connectivity index (χ4n) is 1.47. The molecule has 1 N–H and O–H groups in total. The van der Waals surface area contributed by atoms with Crippen molar-refractivity contribution in [3.05, 3.63) is 35.4 Å². The van der Waals surface area contributed by atoms with Gasteiger partial charge in [-0.3, -0.25) is 0 Å². The van der Waals surface area contributed by atoms with Crippen molar-refractivity contribution in [2.75, 3.05) is 13.7 Å². The Bertz CT molecular complexity index is 284. The summed E-state index contributed by atoms with van der Waals surface area (Å²) >= 11 is 0. The highest BCUT2D eigenvalue weighted by Crippen LogP contribution is 2.10. The zero-order valence-electron chi connectivity index (χ0n) is 9.92. The predicted octanol–water partition coefficient (Wildman–Crippen LogP) is 2.58. The summed E-state index contributed by atoms with van der Waals surface area (Å²) in [5, 5.41) is 3.17. The third-order valence-corrected chi connectivity index (χ3v) is 2.19. The van der Waals surface area contributed by atoms with Crippen LogP contribution in [0, 0.1) is 5.92 Å². The molecule has 0 spiro atoms. The van der Waals surface area contributed by atoms with Crippen LogP contribution in [0.1, 0.15) is 25.0 Å². The summed E-state index contributed by atoms with van der Waals surface area (Å²) < 4.78 is 5.64. The third kappa shape index (κ3) is 4.45. The van der Waals surface area contributed by atoms with Crippen molar-refractivity contribution in [2.45, 2.75) is 27.0 Å². The zero-order chi connectivity index (χ0) is 11.1. The molecule has 0 bridgehead atoms. The molecule has 2 heteroatoms. The van der Waals surface area contributed by atoms with E-state index in [2.05, 4.69) is 43.4 Å². The first-order chi connectivity index (χ1) is 7.24. The van der Waals surface area contributed by atoms with Crippen LogP contribution in [0.4, 0.5) is 0 Å². The lowest BCUT2D eigenvalue weighted by Gasteiger charge is -2.10. The topological polar surface area (TPSA) is 21.3 Å². The van der Waals surface area contributed by atoms with Crippen LogP contribution >= 0.6 is 0 Å². The average Bonchev–Trinajstić information content (AvgIpc) is 2.20. The van der Waals surface area contributed by atoms with E-state index in [1.165, 1.54) is 11.1 Å². The minimum absolute atomic E-state index is 0.599. The summed E-state index contributed by atoms with van der Waals surface area (Å²) in [6, 6.07) is 8.41. The maximum absolute atomic E-state index is 5.64. The van der Waals surface area contributed by atoms with E-state index in [0.29, 0.717) is 5.92 Å². The Labute approximate surface area is 92.6 Å². The first-order valence-electron chi connectivity index (χ1n) is 5.53. The van der Waals surface area contributed by atoms with Crippen molar-refractivity contribution in [1.29, 1.82) is 0 Å². The Hall–Kier alpha value is -0.860. The summed E-state index contributed by atoms with van der Waals surface area (Å²) in [4.78, 5) is 0. The number of rotatable bonds is 6. The second-order valence-corrected chi connectivity index (χ2v) is 4.21. The maximum Gasteiger partial charge on any atom is 0.0720 e. The molecule has 0 saturated carbocycles. The molecule has 0 heterocycles. The molecule has 0 aliphatic heterocycles. The lowest BCUT2D eigenvalue weighted by Crippen LogP contribution is -2.09. The molecule has 1 aromatic rings. The quantitative estimate of drug-likeness (QED) is 0.774. The normalized spacial score (nSPS) is 10.9. The van der Waals surface area contributed by atoms with Crippen LogP contribution in [-0.2, 0) is 17.9 Å². The molecule has 0 atom stereocenters. The van der Waals surface area contributed by atoms with Gasteiger partial charge in [0, 0.05) is 13.2 Å². The van der Waals surface area contributed by atoms with Gasteiger partial charge in [0.25, 0.3) is 0 Å². The van der Waals surface area contributed by atoms with Gasteiger partial charge in [0.05, 0.1) is 6.61 Å². The van der Waals surface area contributed by atoms with Gasteiger partial charge in [0.15, 0.2) is 0 Å². The van der Waals surface area contributed by atoms with E-state index >= 15 is 0 Å². The van der Waals surface area contributed by atoms with E-state index in [-0.39, 0.29) is 0 Å². The molecule has 1 aromatic carbocycles. The SMILES string of the molecule is CNCc1ccccc1COCC(C)C. The van der Waals surface area contributed by atoms with Gasteiger partial charge in [0.2, 0.25) is 0 Å². The van der Waals surface area contributed by atoms with Gasteiger partial charge in [-0.2, -0.15) is 0 Å². The zero-order valence-corrected chi connectivity index (χ0v) is 9.92. The van der Waals surface area contributed by atoms with Gasteiger partial charge in [-0.1, -0.05) is 38.1 Å². The minimum Gasteiger partial charge on any atom is -0.376 e. The van der Waals surface area contributed by atoms with E-state index in [1.807, 2.05) is 7.05 Å². The molecule has 1 rings (SSSR count). The average molecular weight is 207 g/mol. The number of ether oxygens (including phenoxy) is 1. The molecule has 2 nitrogen and oxygen atoms in total. The highest BCUT2D eigenvalue weighted by atomic mass is 16.5. The van der Waals surface area contributed by atoms with E-state index in [0.717, 1.165) is 19.8 Å². The number of nitrogens with one attached hydrogen (secondary N) is 1.